The normalized spacial score (nSPS) is 11.5. The van der Waals surface area contributed by atoms with Gasteiger partial charge in [0.2, 0.25) is 11.8 Å². The molecule has 1 aromatic carbocycles. The van der Waals surface area contributed by atoms with Crippen molar-refractivity contribution in [1.29, 1.82) is 0 Å². The van der Waals surface area contributed by atoms with Crippen molar-refractivity contribution in [3.8, 4) is 11.5 Å². The summed E-state index contributed by atoms with van der Waals surface area (Å²) >= 11 is 1.10. The van der Waals surface area contributed by atoms with Gasteiger partial charge in [-0.1, -0.05) is 17.7 Å². The Morgan fingerprint density at radius 1 is 1.14 bits per heavy atom. The first kappa shape index (κ1) is 14.7. The van der Waals surface area contributed by atoms with Gasteiger partial charge in [0.05, 0.1) is 5.56 Å². The number of hydrogen-bond acceptors (Lipinski definition) is 6. The van der Waals surface area contributed by atoms with Gasteiger partial charge in [-0.15, -0.1) is 21.5 Å². The molecule has 0 bridgehead atoms. The van der Waals surface area contributed by atoms with Crippen molar-refractivity contribution in [2.75, 3.05) is 4.72 Å². The largest absolute Gasteiger partial charge is 0.421 e. The molecule has 0 spiro atoms. The summed E-state index contributed by atoms with van der Waals surface area (Å²) in [6.45, 7) is 3.62. The molecule has 0 fully saturated rings. The standard InChI is InChI=1S/C14H13N3O3S2/c1-9-3-5-12(6-4-9)17-22(18,19)13-7-11(8-21-13)14-16-15-10(2)20-14/h3-8,17H,1-2H3. The van der Waals surface area contributed by atoms with Crippen LogP contribution in [0.5, 0.6) is 0 Å². The molecule has 8 heteroatoms. The van der Waals surface area contributed by atoms with E-state index in [1.54, 1.807) is 24.4 Å². The van der Waals surface area contributed by atoms with Crippen LogP contribution in [0.25, 0.3) is 11.5 Å². The highest BCUT2D eigenvalue weighted by molar-refractivity contribution is 7.94. The van der Waals surface area contributed by atoms with Gasteiger partial charge in [0.25, 0.3) is 10.0 Å². The minimum atomic E-state index is -3.63. The van der Waals surface area contributed by atoms with E-state index >= 15 is 0 Å². The summed E-state index contributed by atoms with van der Waals surface area (Å²) in [5, 5.41) is 9.29. The molecule has 0 amide bonds. The van der Waals surface area contributed by atoms with Crippen LogP contribution in [-0.4, -0.2) is 18.6 Å². The molecule has 2 heterocycles. The van der Waals surface area contributed by atoms with Crippen LogP contribution in [0.1, 0.15) is 11.5 Å². The maximum Gasteiger partial charge on any atom is 0.271 e. The zero-order valence-electron chi connectivity index (χ0n) is 11.9. The monoisotopic (exact) mass is 335 g/mol. The number of hydrogen-bond donors (Lipinski definition) is 1. The Bertz CT molecular complexity index is 896. The van der Waals surface area contributed by atoms with Crippen molar-refractivity contribution in [3.63, 3.8) is 0 Å². The summed E-state index contributed by atoms with van der Waals surface area (Å²) < 4.78 is 32.8. The smallest absolute Gasteiger partial charge is 0.271 e. The molecule has 3 aromatic rings. The van der Waals surface area contributed by atoms with E-state index in [4.69, 9.17) is 4.42 Å². The molecule has 22 heavy (non-hydrogen) atoms. The van der Waals surface area contributed by atoms with Crippen LogP contribution in [0.15, 0.2) is 44.3 Å². The summed E-state index contributed by atoms with van der Waals surface area (Å²) in [4.78, 5) is 0. The number of aryl methyl sites for hydroxylation is 2. The first-order valence-corrected chi connectivity index (χ1v) is 8.79. The van der Waals surface area contributed by atoms with Crippen LogP contribution >= 0.6 is 11.3 Å². The second-order valence-electron chi connectivity index (χ2n) is 4.75. The fourth-order valence-electron chi connectivity index (χ4n) is 1.81. The van der Waals surface area contributed by atoms with Crippen molar-refractivity contribution in [2.24, 2.45) is 0 Å². The summed E-state index contributed by atoms with van der Waals surface area (Å²) in [5.41, 5.74) is 2.18. The highest BCUT2D eigenvalue weighted by Gasteiger charge is 2.19. The molecule has 0 saturated heterocycles. The third-order valence-electron chi connectivity index (χ3n) is 2.92. The average molecular weight is 335 g/mol. The van der Waals surface area contributed by atoms with Gasteiger partial charge in [-0.2, -0.15) is 0 Å². The van der Waals surface area contributed by atoms with Gasteiger partial charge in [0.15, 0.2) is 0 Å². The second-order valence-corrected chi connectivity index (χ2v) is 7.57. The Morgan fingerprint density at radius 2 is 1.86 bits per heavy atom. The SMILES string of the molecule is Cc1ccc(NS(=O)(=O)c2cc(-c3nnc(C)o3)cs2)cc1. The molecule has 114 valence electrons. The quantitative estimate of drug-likeness (QED) is 0.791. The molecule has 6 nitrogen and oxygen atoms in total. The molecule has 0 unspecified atom stereocenters. The molecule has 0 aliphatic heterocycles. The third-order valence-corrected chi connectivity index (χ3v) is 5.74. The first-order chi connectivity index (χ1) is 10.4. The Morgan fingerprint density at radius 3 is 2.50 bits per heavy atom. The molecule has 0 aliphatic carbocycles. The highest BCUT2D eigenvalue weighted by atomic mass is 32.2. The number of sulfonamides is 1. The van der Waals surface area contributed by atoms with E-state index in [0.29, 0.717) is 23.0 Å². The lowest BCUT2D eigenvalue weighted by Gasteiger charge is -2.06. The summed E-state index contributed by atoms with van der Waals surface area (Å²) in [6, 6.07) is 8.66. The van der Waals surface area contributed by atoms with Crippen molar-refractivity contribution in [1.82, 2.24) is 10.2 Å². The fraction of sp³-hybridized carbons (Fsp3) is 0.143. The number of rotatable bonds is 4. The zero-order valence-corrected chi connectivity index (χ0v) is 13.5. The van der Waals surface area contributed by atoms with E-state index in [9.17, 15) is 8.42 Å². The maximum absolute atomic E-state index is 12.4. The predicted molar refractivity (Wildman–Crippen MR) is 84.3 cm³/mol. The fourth-order valence-corrected chi connectivity index (χ4v) is 4.02. The highest BCUT2D eigenvalue weighted by Crippen LogP contribution is 2.29. The van der Waals surface area contributed by atoms with E-state index in [0.717, 1.165) is 16.9 Å². The van der Waals surface area contributed by atoms with Crippen molar-refractivity contribution < 1.29 is 12.8 Å². The molecule has 0 atom stereocenters. The van der Waals surface area contributed by atoms with Crippen LogP contribution in [0.2, 0.25) is 0 Å². The number of nitrogens with zero attached hydrogens (tertiary/aromatic N) is 2. The molecule has 0 aliphatic rings. The Labute approximate surface area is 131 Å². The van der Waals surface area contributed by atoms with Gasteiger partial charge in [-0.3, -0.25) is 4.72 Å². The van der Waals surface area contributed by atoms with Crippen LogP contribution < -0.4 is 4.72 Å². The van der Waals surface area contributed by atoms with Crippen molar-refractivity contribution in [3.05, 3.63) is 47.2 Å². The Kier molecular flexibility index (Phi) is 3.71. The number of aromatic nitrogens is 2. The second kappa shape index (κ2) is 5.54. The minimum absolute atomic E-state index is 0.193. The van der Waals surface area contributed by atoms with Gasteiger partial charge in [0.1, 0.15) is 4.21 Å². The molecule has 3 rings (SSSR count). The number of thiophene rings is 1. The molecular weight excluding hydrogens is 322 g/mol. The summed E-state index contributed by atoms with van der Waals surface area (Å²) in [6.07, 6.45) is 0. The van der Waals surface area contributed by atoms with E-state index in [-0.39, 0.29) is 4.21 Å². The topological polar surface area (TPSA) is 85.1 Å². The molecule has 0 saturated carbocycles. The van der Waals surface area contributed by atoms with E-state index < -0.39 is 10.0 Å². The van der Waals surface area contributed by atoms with Gasteiger partial charge < -0.3 is 4.42 Å². The molecular formula is C14H13N3O3S2. The first-order valence-electron chi connectivity index (χ1n) is 6.42. The average Bonchev–Trinajstić information content (AvgIpc) is 3.10. The van der Waals surface area contributed by atoms with Crippen LogP contribution in [0, 0.1) is 13.8 Å². The lowest BCUT2D eigenvalue weighted by atomic mass is 10.2. The number of benzene rings is 1. The summed E-state index contributed by atoms with van der Waals surface area (Å²) in [7, 11) is -3.63. The zero-order chi connectivity index (χ0) is 15.7. The third kappa shape index (κ3) is 3.02. The van der Waals surface area contributed by atoms with Crippen molar-refractivity contribution in [2.45, 2.75) is 18.1 Å². The minimum Gasteiger partial charge on any atom is -0.421 e. The van der Waals surface area contributed by atoms with Gasteiger partial charge in [0, 0.05) is 18.0 Å². The van der Waals surface area contributed by atoms with Gasteiger partial charge in [-0.05, 0) is 25.1 Å². The van der Waals surface area contributed by atoms with E-state index in [2.05, 4.69) is 14.9 Å². The Balaban J connectivity index is 1.86. The lowest BCUT2D eigenvalue weighted by molar-refractivity contribution is 0.533. The molecule has 1 N–H and O–H groups in total. The molecule has 2 aromatic heterocycles. The van der Waals surface area contributed by atoms with Gasteiger partial charge >= 0.3 is 0 Å². The Hall–Kier alpha value is -2.19. The van der Waals surface area contributed by atoms with Gasteiger partial charge in [-0.25, -0.2) is 8.42 Å². The number of anilines is 1. The summed E-state index contributed by atoms with van der Waals surface area (Å²) in [5.74, 6) is 0.744. The van der Waals surface area contributed by atoms with Crippen LogP contribution in [-0.2, 0) is 10.0 Å². The lowest BCUT2D eigenvalue weighted by Crippen LogP contribution is -2.11. The maximum atomic E-state index is 12.4. The van der Waals surface area contributed by atoms with Crippen LogP contribution in [0.3, 0.4) is 0 Å². The van der Waals surface area contributed by atoms with Crippen molar-refractivity contribution >= 4 is 27.0 Å². The van der Waals surface area contributed by atoms with E-state index in [1.807, 2.05) is 19.1 Å². The predicted octanol–water partition coefficient (Wildman–Crippen LogP) is 3.22. The van der Waals surface area contributed by atoms with Crippen LogP contribution in [0.4, 0.5) is 5.69 Å². The van der Waals surface area contributed by atoms with E-state index in [1.165, 1.54) is 6.07 Å². The molecule has 0 radical (unpaired) electrons. The number of nitrogens with one attached hydrogen (secondary N) is 1.